The van der Waals surface area contributed by atoms with E-state index >= 15 is 0 Å². The molecule has 6 heteroatoms. The summed E-state index contributed by atoms with van der Waals surface area (Å²) in [6.07, 6.45) is 4.51. The number of nitrogens with zero attached hydrogens (tertiary/aromatic N) is 1. The van der Waals surface area contributed by atoms with Crippen molar-refractivity contribution >= 4 is 17.5 Å². The Labute approximate surface area is 155 Å². The highest BCUT2D eigenvalue weighted by Crippen LogP contribution is 2.33. The number of hydrogen-bond acceptors (Lipinski definition) is 4. The van der Waals surface area contributed by atoms with Gasteiger partial charge in [0.15, 0.2) is 0 Å². The Morgan fingerprint density at radius 1 is 1.19 bits per heavy atom. The van der Waals surface area contributed by atoms with Crippen molar-refractivity contribution in [3.05, 3.63) is 24.3 Å². The van der Waals surface area contributed by atoms with Crippen molar-refractivity contribution < 1.29 is 14.3 Å². The minimum atomic E-state index is -0.0714. The van der Waals surface area contributed by atoms with Crippen LogP contribution in [0.3, 0.4) is 0 Å². The molecule has 3 N–H and O–H groups in total. The number of nitrogens with two attached hydrogens (primary N) is 1. The molecule has 0 aromatic heterocycles. The van der Waals surface area contributed by atoms with Crippen molar-refractivity contribution in [2.45, 2.75) is 32.1 Å². The molecule has 2 atom stereocenters. The number of nitrogens with one attached hydrogen (secondary N) is 1. The molecule has 3 rings (SSSR count). The molecular formula is C20H29N3O3. The summed E-state index contributed by atoms with van der Waals surface area (Å²) in [6.45, 7) is 1.89. The van der Waals surface area contributed by atoms with E-state index in [1.165, 1.54) is 0 Å². The molecule has 1 saturated carbocycles. The summed E-state index contributed by atoms with van der Waals surface area (Å²) in [4.78, 5) is 27.3. The first-order valence-electron chi connectivity index (χ1n) is 9.56. The van der Waals surface area contributed by atoms with Gasteiger partial charge in [-0.15, -0.1) is 0 Å². The standard InChI is InChI=1S/C20H29N3O3/c1-26-18-8-3-2-7-17(18)22-19(24)14-9-11-23(12-10-14)20(25)16-6-4-5-15(16)13-21/h2-3,7-8,14-16H,4-6,9-13,21H2,1H3,(H,22,24)/t15-,16-/m1/s1. The van der Waals surface area contributed by atoms with E-state index in [2.05, 4.69) is 5.32 Å². The van der Waals surface area contributed by atoms with Crippen molar-refractivity contribution in [1.82, 2.24) is 4.90 Å². The van der Waals surface area contributed by atoms with Crippen LogP contribution in [0.25, 0.3) is 0 Å². The van der Waals surface area contributed by atoms with Gasteiger partial charge in [0.2, 0.25) is 11.8 Å². The monoisotopic (exact) mass is 359 g/mol. The highest BCUT2D eigenvalue weighted by Gasteiger charge is 2.36. The fraction of sp³-hybridized carbons (Fsp3) is 0.600. The molecule has 0 unspecified atom stereocenters. The Morgan fingerprint density at radius 3 is 2.62 bits per heavy atom. The summed E-state index contributed by atoms with van der Waals surface area (Å²) in [5.41, 5.74) is 6.51. The largest absolute Gasteiger partial charge is 0.495 e. The number of piperidine rings is 1. The van der Waals surface area contributed by atoms with Crippen LogP contribution in [0.1, 0.15) is 32.1 Å². The number of benzene rings is 1. The van der Waals surface area contributed by atoms with Gasteiger partial charge >= 0.3 is 0 Å². The molecular weight excluding hydrogens is 330 g/mol. The quantitative estimate of drug-likeness (QED) is 0.844. The van der Waals surface area contributed by atoms with Crippen LogP contribution in [-0.2, 0) is 9.59 Å². The number of rotatable bonds is 5. The molecule has 6 nitrogen and oxygen atoms in total. The highest BCUT2D eigenvalue weighted by molar-refractivity contribution is 5.94. The van der Waals surface area contributed by atoms with Gasteiger partial charge in [-0.3, -0.25) is 9.59 Å². The highest BCUT2D eigenvalue weighted by atomic mass is 16.5. The maximum absolute atomic E-state index is 12.8. The summed E-state index contributed by atoms with van der Waals surface area (Å²) >= 11 is 0. The SMILES string of the molecule is COc1ccccc1NC(=O)C1CCN(C(=O)[C@@H]2CCC[C@@H]2CN)CC1. The maximum Gasteiger partial charge on any atom is 0.227 e. The number of anilines is 1. The Balaban J connectivity index is 1.53. The van der Waals surface area contributed by atoms with Gasteiger partial charge in [0.25, 0.3) is 0 Å². The summed E-state index contributed by atoms with van der Waals surface area (Å²) < 4.78 is 5.28. The molecule has 1 aromatic rings. The van der Waals surface area contributed by atoms with Gasteiger partial charge in [0.1, 0.15) is 5.75 Å². The van der Waals surface area contributed by atoms with E-state index in [4.69, 9.17) is 10.5 Å². The second kappa shape index (κ2) is 8.54. The van der Waals surface area contributed by atoms with Crippen LogP contribution in [0.15, 0.2) is 24.3 Å². The minimum Gasteiger partial charge on any atom is -0.495 e. The first kappa shape index (κ1) is 18.7. The number of hydrogen-bond donors (Lipinski definition) is 2. The van der Waals surface area contributed by atoms with E-state index in [0.29, 0.717) is 49.8 Å². The van der Waals surface area contributed by atoms with Gasteiger partial charge in [-0.2, -0.15) is 0 Å². The first-order valence-corrected chi connectivity index (χ1v) is 9.56. The van der Waals surface area contributed by atoms with E-state index < -0.39 is 0 Å². The molecule has 2 amide bonds. The summed E-state index contributed by atoms with van der Waals surface area (Å²) in [5.74, 6) is 1.23. The third kappa shape index (κ3) is 4.01. The lowest BCUT2D eigenvalue weighted by Crippen LogP contribution is -2.45. The zero-order valence-electron chi connectivity index (χ0n) is 15.4. The second-order valence-corrected chi connectivity index (χ2v) is 7.32. The Morgan fingerprint density at radius 2 is 1.92 bits per heavy atom. The van der Waals surface area contributed by atoms with Crippen LogP contribution >= 0.6 is 0 Å². The van der Waals surface area contributed by atoms with Gasteiger partial charge in [0.05, 0.1) is 12.8 Å². The molecule has 0 bridgehead atoms. The molecule has 1 aliphatic carbocycles. The van der Waals surface area contributed by atoms with E-state index in [9.17, 15) is 9.59 Å². The van der Waals surface area contributed by atoms with E-state index in [1.807, 2.05) is 29.2 Å². The van der Waals surface area contributed by atoms with Gasteiger partial charge in [-0.25, -0.2) is 0 Å². The number of carbonyl (C=O) groups excluding carboxylic acids is 2. The Kier molecular flexibility index (Phi) is 6.14. The summed E-state index contributed by atoms with van der Waals surface area (Å²) in [6, 6.07) is 7.40. The van der Waals surface area contributed by atoms with Gasteiger partial charge in [-0.05, 0) is 50.3 Å². The average Bonchev–Trinajstić information content (AvgIpc) is 3.16. The van der Waals surface area contributed by atoms with Gasteiger partial charge in [-0.1, -0.05) is 18.6 Å². The number of methoxy groups -OCH3 is 1. The van der Waals surface area contributed by atoms with Crippen LogP contribution in [-0.4, -0.2) is 43.5 Å². The van der Waals surface area contributed by atoms with Gasteiger partial charge < -0.3 is 20.7 Å². The molecule has 1 saturated heterocycles. The third-order valence-electron chi connectivity index (χ3n) is 5.82. The third-order valence-corrected chi connectivity index (χ3v) is 5.82. The molecule has 0 spiro atoms. The normalized spacial score (nSPS) is 23.7. The molecule has 2 fully saturated rings. The number of likely N-dealkylation sites (tertiary alicyclic amines) is 1. The smallest absolute Gasteiger partial charge is 0.227 e. The van der Waals surface area contributed by atoms with Crippen LogP contribution in [0.4, 0.5) is 5.69 Å². The first-order chi connectivity index (χ1) is 12.6. The predicted octanol–water partition coefficient (Wildman–Crippen LogP) is 2.25. The topological polar surface area (TPSA) is 84.7 Å². The number of amides is 2. The van der Waals surface area contributed by atoms with E-state index in [-0.39, 0.29) is 23.7 Å². The minimum absolute atomic E-state index is 0.00213. The zero-order valence-corrected chi connectivity index (χ0v) is 15.4. The van der Waals surface area contributed by atoms with Crippen LogP contribution < -0.4 is 15.8 Å². The predicted molar refractivity (Wildman–Crippen MR) is 101 cm³/mol. The number of ether oxygens (including phenoxy) is 1. The van der Waals surface area contributed by atoms with E-state index in [1.54, 1.807) is 7.11 Å². The van der Waals surface area contributed by atoms with Crippen LogP contribution in [0.2, 0.25) is 0 Å². The van der Waals surface area contributed by atoms with Crippen LogP contribution in [0.5, 0.6) is 5.75 Å². The second-order valence-electron chi connectivity index (χ2n) is 7.32. The molecule has 2 aliphatic rings. The zero-order chi connectivity index (χ0) is 18.5. The summed E-state index contributed by atoms with van der Waals surface area (Å²) in [5, 5.41) is 2.96. The molecule has 1 heterocycles. The Hall–Kier alpha value is -2.08. The van der Waals surface area contributed by atoms with E-state index in [0.717, 1.165) is 19.3 Å². The average molecular weight is 359 g/mol. The van der Waals surface area contributed by atoms with Gasteiger partial charge in [0, 0.05) is 24.9 Å². The molecule has 1 aliphatic heterocycles. The fourth-order valence-corrected chi connectivity index (χ4v) is 4.22. The molecule has 0 radical (unpaired) electrons. The molecule has 142 valence electrons. The van der Waals surface area contributed by atoms with Crippen molar-refractivity contribution in [2.75, 3.05) is 32.1 Å². The molecule has 26 heavy (non-hydrogen) atoms. The molecule has 1 aromatic carbocycles. The van der Waals surface area contributed by atoms with Crippen molar-refractivity contribution in [1.29, 1.82) is 0 Å². The Bertz CT molecular complexity index is 641. The summed E-state index contributed by atoms with van der Waals surface area (Å²) in [7, 11) is 1.59. The fourth-order valence-electron chi connectivity index (χ4n) is 4.22. The van der Waals surface area contributed by atoms with Crippen LogP contribution in [0, 0.1) is 17.8 Å². The van der Waals surface area contributed by atoms with Crippen molar-refractivity contribution in [2.24, 2.45) is 23.5 Å². The lowest BCUT2D eigenvalue weighted by molar-refractivity contribution is -0.139. The maximum atomic E-state index is 12.8. The van der Waals surface area contributed by atoms with Crippen molar-refractivity contribution in [3.8, 4) is 5.75 Å². The van der Waals surface area contributed by atoms with Crippen molar-refractivity contribution in [3.63, 3.8) is 0 Å². The lowest BCUT2D eigenvalue weighted by atomic mass is 9.91. The number of carbonyl (C=O) groups is 2. The number of para-hydroxylation sites is 2. The lowest BCUT2D eigenvalue weighted by Gasteiger charge is -2.34.